The highest BCUT2D eigenvalue weighted by atomic mass is 16.7. The number of hydrogen-bond acceptors (Lipinski definition) is 13. The molecule has 0 spiro atoms. The Hall–Kier alpha value is -4.01. The van der Waals surface area contributed by atoms with E-state index in [-0.39, 0.29) is 24.7 Å². The molecule has 3 aliphatic rings. The number of esters is 1. The average molecular weight is 573 g/mol. The SMILES string of the molecule is COc1cc2c(OC)c3c(c(-c4cc5c(cc4O[C@@H]4O[C@H](CO)[C@@H](O)[C@H](O)[C@H]4O)OCO5)c2cc1OC)COC3=O. The van der Waals surface area contributed by atoms with Gasteiger partial charge in [0.05, 0.1) is 27.9 Å². The number of carbonyl (C=O) groups is 1. The Labute approximate surface area is 233 Å². The molecule has 13 nitrogen and oxygen atoms in total. The number of cyclic esters (lactones) is 1. The average Bonchev–Trinajstić information content (AvgIpc) is 3.61. The molecule has 218 valence electrons. The first kappa shape index (κ1) is 27.2. The van der Waals surface area contributed by atoms with E-state index in [0.29, 0.717) is 56.2 Å². The van der Waals surface area contributed by atoms with Crippen molar-refractivity contribution in [1.82, 2.24) is 0 Å². The second-order valence-corrected chi connectivity index (χ2v) is 9.61. The molecule has 0 unspecified atom stereocenters. The van der Waals surface area contributed by atoms with Crippen LogP contribution in [0.3, 0.4) is 0 Å². The Bertz CT molecular complexity index is 1520. The van der Waals surface area contributed by atoms with Gasteiger partial charge in [-0.3, -0.25) is 0 Å². The molecule has 3 heterocycles. The topological polar surface area (TPSA) is 172 Å². The lowest BCUT2D eigenvalue weighted by Gasteiger charge is -2.39. The van der Waals surface area contributed by atoms with Crippen LogP contribution in [-0.2, 0) is 16.1 Å². The summed E-state index contributed by atoms with van der Waals surface area (Å²) in [5.74, 6) is 1.39. The molecule has 0 radical (unpaired) electrons. The summed E-state index contributed by atoms with van der Waals surface area (Å²) in [6.45, 7) is -0.749. The van der Waals surface area contributed by atoms with Gasteiger partial charge >= 0.3 is 5.97 Å². The summed E-state index contributed by atoms with van der Waals surface area (Å²) in [5, 5.41) is 42.0. The maximum Gasteiger partial charge on any atom is 0.342 e. The quantitative estimate of drug-likeness (QED) is 0.297. The normalized spacial score (nSPS) is 24.7. The van der Waals surface area contributed by atoms with E-state index in [1.807, 2.05) is 0 Å². The van der Waals surface area contributed by atoms with E-state index < -0.39 is 43.3 Å². The Balaban J connectivity index is 1.61. The molecule has 3 aromatic carbocycles. The molecular weight excluding hydrogens is 544 g/mol. The first-order chi connectivity index (χ1) is 19.8. The van der Waals surface area contributed by atoms with Crippen LogP contribution in [0, 0.1) is 0 Å². The third-order valence-electron chi connectivity index (χ3n) is 7.46. The van der Waals surface area contributed by atoms with Gasteiger partial charge in [0.2, 0.25) is 13.1 Å². The lowest BCUT2D eigenvalue weighted by atomic mass is 9.88. The zero-order valence-corrected chi connectivity index (χ0v) is 22.3. The molecule has 0 aliphatic carbocycles. The van der Waals surface area contributed by atoms with E-state index in [9.17, 15) is 25.2 Å². The number of carbonyl (C=O) groups excluding carboxylic acids is 1. The van der Waals surface area contributed by atoms with Crippen molar-refractivity contribution in [1.29, 1.82) is 0 Å². The summed E-state index contributed by atoms with van der Waals surface area (Å²) in [6, 6.07) is 6.60. The zero-order valence-electron chi connectivity index (χ0n) is 22.3. The van der Waals surface area contributed by atoms with Crippen LogP contribution in [0.2, 0.25) is 0 Å². The predicted octanol–water partition coefficient (Wildman–Crippen LogP) is 1.11. The Morgan fingerprint density at radius 2 is 1.49 bits per heavy atom. The second-order valence-electron chi connectivity index (χ2n) is 9.61. The van der Waals surface area contributed by atoms with E-state index >= 15 is 0 Å². The van der Waals surface area contributed by atoms with Crippen molar-refractivity contribution < 1.29 is 63.1 Å². The van der Waals surface area contributed by atoms with Gasteiger partial charge in [-0.1, -0.05) is 0 Å². The summed E-state index contributed by atoms with van der Waals surface area (Å²) in [4.78, 5) is 13.0. The van der Waals surface area contributed by atoms with Crippen molar-refractivity contribution in [2.24, 2.45) is 0 Å². The van der Waals surface area contributed by atoms with Crippen LogP contribution >= 0.6 is 0 Å². The van der Waals surface area contributed by atoms with E-state index in [1.54, 1.807) is 18.2 Å². The summed E-state index contributed by atoms with van der Waals surface area (Å²) in [6.07, 6.45) is -7.57. The number of benzene rings is 3. The van der Waals surface area contributed by atoms with Crippen LogP contribution < -0.4 is 28.4 Å². The third kappa shape index (κ3) is 4.24. The van der Waals surface area contributed by atoms with E-state index in [4.69, 9.17) is 37.9 Å². The molecule has 41 heavy (non-hydrogen) atoms. The minimum atomic E-state index is -1.67. The van der Waals surface area contributed by atoms with Crippen molar-refractivity contribution in [3.05, 3.63) is 35.4 Å². The van der Waals surface area contributed by atoms with Crippen LogP contribution in [-0.4, -0.2) is 91.8 Å². The van der Waals surface area contributed by atoms with E-state index in [2.05, 4.69) is 0 Å². The van der Waals surface area contributed by atoms with Crippen LogP contribution in [0.15, 0.2) is 24.3 Å². The van der Waals surface area contributed by atoms with Gasteiger partial charge in [-0.2, -0.15) is 0 Å². The number of aliphatic hydroxyl groups is 4. The summed E-state index contributed by atoms with van der Waals surface area (Å²) >= 11 is 0. The van der Waals surface area contributed by atoms with Crippen LogP contribution in [0.25, 0.3) is 21.9 Å². The highest BCUT2D eigenvalue weighted by molar-refractivity contribution is 6.12. The van der Waals surface area contributed by atoms with Gasteiger partial charge in [-0.15, -0.1) is 0 Å². The van der Waals surface area contributed by atoms with Gasteiger partial charge in [0.25, 0.3) is 0 Å². The standard InChI is InChI=1S/C28H28O13/c1-34-16-4-11-12(5-17(16)35-2)26(36-3)22-14(9-37-27(22)33)21(11)13-6-18-19(39-10-38-18)7-15(13)40-28-25(32)24(31)23(30)20(8-29)41-28/h4-7,20,23-25,28-32H,8-10H2,1-3H3/t20-,23-,24+,25-,28-/m1/s1. The minimum absolute atomic E-state index is 0.0492. The molecule has 0 saturated carbocycles. The molecule has 3 aromatic rings. The number of rotatable bonds is 7. The van der Waals surface area contributed by atoms with Crippen molar-refractivity contribution >= 4 is 16.7 Å². The summed E-state index contributed by atoms with van der Waals surface area (Å²) in [5.41, 5.74) is 1.64. The zero-order chi connectivity index (χ0) is 29.0. The van der Waals surface area contributed by atoms with E-state index in [1.165, 1.54) is 27.4 Å². The van der Waals surface area contributed by atoms with Gasteiger partial charge in [-0.25, -0.2) is 4.79 Å². The van der Waals surface area contributed by atoms with Crippen LogP contribution in [0.1, 0.15) is 15.9 Å². The number of fused-ring (bicyclic) bond motifs is 3. The first-order valence-corrected chi connectivity index (χ1v) is 12.7. The molecule has 6 rings (SSSR count). The molecule has 3 aliphatic heterocycles. The van der Waals surface area contributed by atoms with Crippen LogP contribution in [0.5, 0.6) is 34.5 Å². The molecule has 1 saturated heterocycles. The summed E-state index contributed by atoms with van der Waals surface area (Å²) in [7, 11) is 4.43. The number of methoxy groups -OCH3 is 3. The fourth-order valence-electron chi connectivity index (χ4n) is 5.43. The van der Waals surface area contributed by atoms with E-state index in [0.717, 1.165) is 0 Å². The Morgan fingerprint density at radius 1 is 0.805 bits per heavy atom. The molecule has 1 fully saturated rings. The number of aliphatic hydroxyl groups excluding tert-OH is 4. The highest BCUT2D eigenvalue weighted by Gasteiger charge is 2.45. The molecular formula is C28H28O13. The van der Waals surface area contributed by atoms with Gasteiger partial charge in [-0.05, 0) is 23.6 Å². The Morgan fingerprint density at radius 3 is 2.15 bits per heavy atom. The largest absolute Gasteiger partial charge is 0.495 e. The van der Waals surface area contributed by atoms with Crippen LogP contribution in [0.4, 0.5) is 0 Å². The predicted molar refractivity (Wildman–Crippen MR) is 139 cm³/mol. The summed E-state index contributed by atoms with van der Waals surface area (Å²) < 4.78 is 45.1. The molecule has 5 atom stereocenters. The Kier molecular flexibility index (Phi) is 6.91. The molecule has 4 N–H and O–H groups in total. The fourth-order valence-corrected chi connectivity index (χ4v) is 5.43. The molecule has 0 amide bonds. The van der Waals surface area contributed by atoms with Crippen molar-refractivity contribution in [3.8, 4) is 45.6 Å². The minimum Gasteiger partial charge on any atom is -0.495 e. The maximum absolute atomic E-state index is 13.0. The number of ether oxygens (including phenoxy) is 8. The lowest BCUT2D eigenvalue weighted by Crippen LogP contribution is -2.60. The maximum atomic E-state index is 13.0. The van der Waals surface area contributed by atoms with Gasteiger partial charge in [0.1, 0.15) is 48.1 Å². The molecule has 0 aromatic heterocycles. The van der Waals surface area contributed by atoms with Gasteiger partial charge < -0.3 is 58.3 Å². The van der Waals surface area contributed by atoms with Crippen molar-refractivity contribution in [3.63, 3.8) is 0 Å². The fraction of sp³-hybridized carbons (Fsp3) is 0.393. The number of hydrogen-bond donors (Lipinski definition) is 4. The first-order valence-electron chi connectivity index (χ1n) is 12.7. The lowest BCUT2D eigenvalue weighted by molar-refractivity contribution is -0.277. The van der Waals surface area contributed by atoms with Crippen molar-refractivity contribution in [2.45, 2.75) is 37.3 Å². The second kappa shape index (κ2) is 10.4. The molecule has 0 bridgehead atoms. The highest BCUT2D eigenvalue weighted by Crippen LogP contribution is 2.52. The smallest absolute Gasteiger partial charge is 0.342 e. The van der Waals surface area contributed by atoms with Gasteiger partial charge in [0.15, 0.2) is 23.0 Å². The third-order valence-corrected chi connectivity index (χ3v) is 7.46. The van der Waals surface area contributed by atoms with Crippen molar-refractivity contribution in [2.75, 3.05) is 34.7 Å². The monoisotopic (exact) mass is 572 g/mol. The van der Waals surface area contributed by atoms with Gasteiger partial charge in [0, 0.05) is 28.1 Å². The molecule has 13 heteroatoms.